The first-order chi connectivity index (χ1) is 19.0. The third kappa shape index (κ3) is 7.65. The normalized spacial score (nSPS) is 17.3. The Balaban J connectivity index is 1.39. The first-order valence-corrected chi connectivity index (χ1v) is 15.0. The van der Waals surface area contributed by atoms with Gasteiger partial charge in [0.2, 0.25) is 0 Å². The van der Waals surface area contributed by atoms with Gasteiger partial charge in [-0.1, -0.05) is 93.6 Å². The van der Waals surface area contributed by atoms with E-state index in [2.05, 4.69) is 13.5 Å². The second-order valence-electron chi connectivity index (χ2n) is 11.3. The van der Waals surface area contributed by atoms with Crippen LogP contribution in [0.25, 0.3) is 22.3 Å². The number of hydrogen-bond acceptors (Lipinski definition) is 0. The maximum absolute atomic E-state index is 15.2. The molecule has 39 heavy (non-hydrogen) atoms. The minimum Gasteiger partial charge on any atom is -0.207 e. The first kappa shape index (κ1) is 29.2. The summed E-state index contributed by atoms with van der Waals surface area (Å²) in [6.45, 7) is 6.00. The van der Waals surface area contributed by atoms with Crippen molar-refractivity contribution in [3.05, 3.63) is 95.8 Å². The van der Waals surface area contributed by atoms with Crippen LogP contribution in [0.4, 0.5) is 13.2 Å². The average Bonchev–Trinajstić information content (AvgIpc) is 2.96. The third-order valence-electron chi connectivity index (χ3n) is 8.56. The lowest BCUT2D eigenvalue weighted by Gasteiger charge is -2.29. The van der Waals surface area contributed by atoms with Crippen LogP contribution in [0.3, 0.4) is 0 Å². The summed E-state index contributed by atoms with van der Waals surface area (Å²) in [5.74, 6) is -0.670. The highest BCUT2D eigenvalue weighted by molar-refractivity contribution is 5.71. The zero-order valence-electron chi connectivity index (χ0n) is 23.5. The van der Waals surface area contributed by atoms with Crippen LogP contribution in [0.1, 0.15) is 101 Å². The van der Waals surface area contributed by atoms with Crippen molar-refractivity contribution in [1.82, 2.24) is 0 Å². The Morgan fingerprint density at radius 2 is 1.41 bits per heavy atom. The first-order valence-electron chi connectivity index (χ1n) is 15.0. The molecule has 0 radical (unpaired) electrons. The van der Waals surface area contributed by atoms with Crippen molar-refractivity contribution in [3.63, 3.8) is 0 Å². The molecule has 0 saturated heterocycles. The fourth-order valence-corrected chi connectivity index (χ4v) is 6.10. The minimum absolute atomic E-state index is 0.153. The number of allylic oxidation sites excluding steroid dienone is 1. The SMILES string of the molecule is C=CCCC1CCC(c2ccc(-c3ccc(-c4ccc(CCCCCCCC)c(F)c4F)cc3)cc2F)CC1. The summed E-state index contributed by atoms with van der Waals surface area (Å²) in [5.41, 5.74) is 3.80. The molecule has 0 atom stereocenters. The van der Waals surface area contributed by atoms with Gasteiger partial charge in [-0.3, -0.25) is 0 Å². The second-order valence-corrected chi connectivity index (χ2v) is 11.3. The number of unbranched alkanes of at least 4 members (excludes halogenated alkanes) is 5. The molecule has 0 aromatic heterocycles. The summed E-state index contributed by atoms with van der Waals surface area (Å²) >= 11 is 0. The zero-order chi connectivity index (χ0) is 27.6. The van der Waals surface area contributed by atoms with Gasteiger partial charge in [-0.2, -0.15) is 0 Å². The number of halogens is 3. The highest BCUT2D eigenvalue weighted by Crippen LogP contribution is 2.39. The Bertz CT molecular complexity index is 1200. The van der Waals surface area contributed by atoms with E-state index in [0.717, 1.165) is 74.0 Å². The van der Waals surface area contributed by atoms with Crippen LogP contribution in [-0.2, 0) is 6.42 Å². The molecule has 1 aliphatic carbocycles. The van der Waals surface area contributed by atoms with Gasteiger partial charge in [0.15, 0.2) is 11.6 Å². The maximum Gasteiger partial charge on any atom is 0.166 e. The summed E-state index contributed by atoms with van der Waals surface area (Å²) < 4.78 is 45.0. The predicted octanol–water partition coefficient (Wildman–Crippen LogP) is 11.6. The largest absolute Gasteiger partial charge is 0.207 e. The van der Waals surface area contributed by atoms with Crippen LogP contribution < -0.4 is 0 Å². The van der Waals surface area contributed by atoms with Crippen molar-refractivity contribution in [2.75, 3.05) is 0 Å². The summed E-state index contributed by atoms with van der Waals surface area (Å²) in [6.07, 6.45) is 15.9. The van der Waals surface area contributed by atoms with Gasteiger partial charge >= 0.3 is 0 Å². The van der Waals surface area contributed by atoms with Crippen LogP contribution >= 0.6 is 0 Å². The van der Waals surface area contributed by atoms with E-state index in [1.165, 1.54) is 25.7 Å². The molecule has 4 rings (SSSR count). The summed E-state index contributed by atoms with van der Waals surface area (Å²) in [5, 5.41) is 0. The molecule has 1 aliphatic rings. The van der Waals surface area contributed by atoms with Gasteiger partial charge < -0.3 is 0 Å². The molecule has 208 valence electrons. The molecule has 3 aromatic carbocycles. The van der Waals surface area contributed by atoms with Gasteiger partial charge in [-0.25, -0.2) is 13.2 Å². The van der Waals surface area contributed by atoms with Crippen LogP contribution in [0.5, 0.6) is 0 Å². The van der Waals surface area contributed by atoms with Gasteiger partial charge in [-0.05, 0) is 97.1 Å². The number of benzene rings is 3. The second kappa shape index (κ2) is 14.5. The van der Waals surface area contributed by atoms with Gasteiger partial charge in [0.05, 0.1) is 0 Å². The van der Waals surface area contributed by atoms with Crippen molar-refractivity contribution in [2.45, 2.75) is 96.3 Å². The Kier molecular flexibility index (Phi) is 10.9. The van der Waals surface area contributed by atoms with Crippen LogP contribution in [0.2, 0.25) is 0 Å². The molecule has 3 heteroatoms. The van der Waals surface area contributed by atoms with Gasteiger partial charge in [0, 0.05) is 5.56 Å². The molecular weight excluding hydrogens is 489 g/mol. The summed E-state index contributed by atoms with van der Waals surface area (Å²) in [4.78, 5) is 0. The fraction of sp³-hybridized carbons (Fsp3) is 0.444. The van der Waals surface area contributed by atoms with E-state index in [4.69, 9.17) is 0 Å². The van der Waals surface area contributed by atoms with Crippen LogP contribution in [-0.4, -0.2) is 0 Å². The van der Waals surface area contributed by atoms with E-state index in [1.807, 2.05) is 30.3 Å². The van der Waals surface area contributed by atoms with E-state index in [-0.39, 0.29) is 17.3 Å². The Morgan fingerprint density at radius 1 is 0.744 bits per heavy atom. The molecule has 0 N–H and O–H groups in total. The lowest BCUT2D eigenvalue weighted by atomic mass is 9.77. The van der Waals surface area contributed by atoms with Crippen molar-refractivity contribution in [2.24, 2.45) is 5.92 Å². The van der Waals surface area contributed by atoms with E-state index < -0.39 is 11.6 Å². The van der Waals surface area contributed by atoms with Crippen LogP contribution in [0, 0.1) is 23.4 Å². The maximum atomic E-state index is 15.2. The molecular formula is C36H43F3. The standard InChI is InChI=1S/C36H43F3/c1-3-5-7-8-9-10-12-30-21-24-33(36(39)35(30)38)29-19-17-27(18-20-29)31-22-23-32(34(37)25-31)28-15-13-26(14-16-28)11-6-4-2/h4,17-26,28H,2-3,5-16H2,1H3. The van der Waals surface area contributed by atoms with Crippen molar-refractivity contribution in [3.8, 4) is 22.3 Å². The molecule has 0 heterocycles. The molecule has 0 nitrogen and oxygen atoms in total. The molecule has 3 aromatic rings. The topological polar surface area (TPSA) is 0 Å². The highest BCUT2D eigenvalue weighted by atomic mass is 19.2. The molecule has 0 amide bonds. The number of hydrogen-bond donors (Lipinski definition) is 0. The third-order valence-corrected chi connectivity index (χ3v) is 8.56. The van der Waals surface area contributed by atoms with Gasteiger partial charge in [0.25, 0.3) is 0 Å². The van der Waals surface area contributed by atoms with E-state index in [1.54, 1.807) is 30.3 Å². The molecule has 0 spiro atoms. The lowest BCUT2D eigenvalue weighted by Crippen LogP contribution is -2.14. The summed E-state index contributed by atoms with van der Waals surface area (Å²) in [6, 6.07) is 16.2. The van der Waals surface area contributed by atoms with E-state index in [0.29, 0.717) is 17.5 Å². The smallest absolute Gasteiger partial charge is 0.166 e. The number of rotatable bonds is 13. The number of aryl methyl sites for hydroxylation is 1. The van der Waals surface area contributed by atoms with Crippen molar-refractivity contribution in [1.29, 1.82) is 0 Å². The quantitative estimate of drug-likeness (QED) is 0.152. The van der Waals surface area contributed by atoms with Gasteiger partial charge in [-0.15, -0.1) is 6.58 Å². The Morgan fingerprint density at radius 3 is 2.10 bits per heavy atom. The van der Waals surface area contributed by atoms with Crippen molar-refractivity contribution < 1.29 is 13.2 Å². The zero-order valence-corrected chi connectivity index (χ0v) is 23.5. The van der Waals surface area contributed by atoms with Gasteiger partial charge in [0.1, 0.15) is 5.82 Å². The average molecular weight is 533 g/mol. The Hall–Kier alpha value is -2.81. The van der Waals surface area contributed by atoms with Crippen molar-refractivity contribution >= 4 is 0 Å². The molecule has 0 unspecified atom stereocenters. The molecule has 1 saturated carbocycles. The lowest BCUT2D eigenvalue weighted by molar-refractivity contribution is 0.308. The van der Waals surface area contributed by atoms with E-state index in [9.17, 15) is 8.78 Å². The Labute approximate surface area is 233 Å². The summed E-state index contributed by atoms with van der Waals surface area (Å²) in [7, 11) is 0. The molecule has 0 bridgehead atoms. The minimum atomic E-state index is -0.791. The van der Waals surface area contributed by atoms with Crippen LogP contribution in [0.15, 0.2) is 67.3 Å². The molecule has 0 aliphatic heterocycles. The van der Waals surface area contributed by atoms with E-state index >= 15 is 4.39 Å². The molecule has 1 fully saturated rings. The fourth-order valence-electron chi connectivity index (χ4n) is 6.10. The monoisotopic (exact) mass is 532 g/mol. The predicted molar refractivity (Wildman–Crippen MR) is 158 cm³/mol. The highest BCUT2D eigenvalue weighted by Gasteiger charge is 2.24.